The second kappa shape index (κ2) is 5.83. The molecular formula is C15H16N4S2. The van der Waals surface area contributed by atoms with Crippen LogP contribution >= 0.6 is 23.6 Å². The van der Waals surface area contributed by atoms with Gasteiger partial charge in [-0.05, 0) is 42.7 Å². The fourth-order valence-corrected chi connectivity index (χ4v) is 3.29. The first-order chi connectivity index (χ1) is 10.2. The van der Waals surface area contributed by atoms with Gasteiger partial charge in [-0.1, -0.05) is 24.3 Å². The first-order valence-electron chi connectivity index (χ1n) is 6.67. The molecule has 0 saturated heterocycles. The zero-order valence-electron chi connectivity index (χ0n) is 11.9. The molecule has 0 fully saturated rings. The lowest BCUT2D eigenvalue weighted by Crippen LogP contribution is -2.24. The number of rotatable bonds is 4. The van der Waals surface area contributed by atoms with E-state index >= 15 is 0 Å². The van der Waals surface area contributed by atoms with E-state index in [0.29, 0.717) is 4.77 Å². The Morgan fingerprint density at radius 3 is 2.67 bits per heavy atom. The Kier molecular flexibility index (Phi) is 3.90. The van der Waals surface area contributed by atoms with Crippen molar-refractivity contribution in [1.29, 1.82) is 0 Å². The monoisotopic (exact) mass is 316 g/mol. The molecule has 108 valence electrons. The summed E-state index contributed by atoms with van der Waals surface area (Å²) in [6.07, 6.45) is 0. The Hall–Kier alpha value is -1.92. The van der Waals surface area contributed by atoms with Crippen LogP contribution in [-0.4, -0.2) is 21.8 Å². The van der Waals surface area contributed by atoms with Crippen molar-refractivity contribution >= 4 is 29.5 Å². The molecule has 3 rings (SSSR count). The standard InChI is InChI=1S/C15H16N4S2/c1-11(13-9-6-10-21-13)18(2)14-16-17-15(20)19(14)12-7-4-3-5-8-12/h3-11H,1-2H3,(H,17,20). The number of aromatic nitrogens is 3. The van der Waals surface area contributed by atoms with Crippen LogP contribution in [0.15, 0.2) is 47.8 Å². The maximum Gasteiger partial charge on any atom is 0.230 e. The first kappa shape index (κ1) is 14.0. The third-order valence-corrected chi connectivity index (χ3v) is 4.84. The van der Waals surface area contributed by atoms with Crippen LogP contribution in [0.3, 0.4) is 0 Å². The molecule has 2 aromatic heterocycles. The molecule has 1 aromatic carbocycles. The molecule has 2 heterocycles. The van der Waals surface area contributed by atoms with Crippen LogP contribution in [0.1, 0.15) is 17.8 Å². The van der Waals surface area contributed by atoms with Gasteiger partial charge in [-0.15, -0.1) is 16.4 Å². The number of anilines is 1. The fraction of sp³-hybridized carbons (Fsp3) is 0.200. The summed E-state index contributed by atoms with van der Waals surface area (Å²) in [7, 11) is 2.04. The zero-order chi connectivity index (χ0) is 14.8. The van der Waals surface area contributed by atoms with E-state index in [4.69, 9.17) is 12.2 Å². The van der Waals surface area contributed by atoms with Crippen LogP contribution in [0.25, 0.3) is 5.69 Å². The lowest BCUT2D eigenvalue weighted by molar-refractivity contribution is 0.717. The highest BCUT2D eigenvalue weighted by molar-refractivity contribution is 7.71. The van der Waals surface area contributed by atoms with Crippen LogP contribution < -0.4 is 4.90 Å². The van der Waals surface area contributed by atoms with Crippen LogP contribution in [0.4, 0.5) is 5.95 Å². The van der Waals surface area contributed by atoms with Gasteiger partial charge >= 0.3 is 0 Å². The van der Waals surface area contributed by atoms with Crippen molar-refractivity contribution in [2.75, 3.05) is 11.9 Å². The highest BCUT2D eigenvalue weighted by Crippen LogP contribution is 2.28. The lowest BCUT2D eigenvalue weighted by Gasteiger charge is -2.25. The Bertz CT molecular complexity index is 759. The van der Waals surface area contributed by atoms with Gasteiger partial charge in [-0.3, -0.25) is 4.57 Å². The summed E-state index contributed by atoms with van der Waals surface area (Å²) < 4.78 is 2.56. The minimum Gasteiger partial charge on any atom is -0.336 e. The van der Waals surface area contributed by atoms with Gasteiger partial charge in [-0.25, -0.2) is 5.10 Å². The molecule has 0 radical (unpaired) electrons. The molecule has 1 N–H and O–H groups in total. The summed E-state index contributed by atoms with van der Waals surface area (Å²) in [6, 6.07) is 14.5. The van der Waals surface area contributed by atoms with Gasteiger partial charge in [0.1, 0.15) is 0 Å². The van der Waals surface area contributed by atoms with E-state index in [1.807, 2.05) is 41.9 Å². The second-order valence-corrected chi connectivity index (χ2v) is 6.17. The quantitative estimate of drug-likeness (QED) is 0.733. The minimum atomic E-state index is 0.234. The van der Waals surface area contributed by atoms with Crippen molar-refractivity contribution in [2.24, 2.45) is 0 Å². The SMILES string of the molecule is CC(c1cccs1)N(C)c1n[nH]c(=S)n1-c1ccccc1. The van der Waals surface area contributed by atoms with Crippen molar-refractivity contribution in [2.45, 2.75) is 13.0 Å². The number of hydrogen-bond acceptors (Lipinski definition) is 4. The minimum absolute atomic E-state index is 0.234. The fourth-order valence-electron chi connectivity index (χ4n) is 2.23. The van der Waals surface area contributed by atoms with Gasteiger partial charge in [0, 0.05) is 11.9 Å². The second-order valence-electron chi connectivity index (χ2n) is 4.80. The Morgan fingerprint density at radius 2 is 2.00 bits per heavy atom. The third kappa shape index (κ3) is 2.64. The summed E-state index contributed by atoms with van der Waals surface area (Å²) in [5.74, 6) is 0.812. The molecule has 0 aliphatic carbocycles. The number of H-pyrrole nitrogens is 1. The predicted octanol–water partition coefficient (Wildman–Crippen LogP) is 4.19. The molecule has 21 heavy (non-hydrogen) atoms. The van der Waals surface area contributed by atoms with Crippen LogP contribution in [0.2, 0.25) is 0 Å². The highest BCUT2D eigenvalue weighted by Gasteiger charge is 2.19. The number of nitrogens with one attached hydrogen (secondary N) is 1. The lowest BCUT2D eigenvalue weighted by atomic mass is 10.2. The van der Waals surface area contributed by atoms with Crippen molar-refractivity contribution in [3.63, 3.8) is 0 Å². The number of thiophene rings is 1. The third-order valence-electron chi connectivity index (χ3n) is 3.52. The van der Waals surface area contributed by atoms with Gasteiger partial charge in [0.25, 0.3) is 0 Å². The number of benzene rings is 1. The smallest absolute Gasteiger partial charge is 0.230 e. The molecule has 0 bridgehead atoms. The highest BCUT2D eigenvalue weighted by atomic mass is 32.1. The predicted molar refractivity (Wildman–Crippen MR) is 89.9 cm³/mol. The van der Waals surface area contributed by atoms with Crippen molar-refractivity contribution in [3.8, 4) is 5.69 Å². The molecule has 3 aromatic rings. The van der Waals surface area contributed by atoms with Gasteiger partial charge < -0.3 is 4.90 Å². The largest absolute Gasteiger partial charge is 0.336 e. The molecule has 6 heteroatoms. The molecule has 0 aliphatic heterocycles. The Labute approximate surface area is 132 Å². The average molecular weight is 316 g/mol. The molecule has 4 nitrogen and oxygen atoms in total. The van der Waals surface area contributed by atoms with Gasteiger partial charge in [0.2, 0.25) is 10.7 Å². The molecule has 0 amide bonds. The van der Waals surface area contributed by atoms with E-state index in [1.165, 1.54) is 4.88 Å². The molecular weight excluding hydrogens is 300 g/mol. The van der Waals surface area contributed by atoms with Crippen LogP contribution in [0, 0.1) is 4.77 Å². The normalized spacial score (nSPS) is 12.3. The molecule has 0 spiro atoms. The van der Waals surface area contributed by atoms with Crippen LogP contribution in [0.5, 0.6) is 0 Å². The summed E-state index contributed by atoms with van der Waals surface area (Å²) in [6.45, 7) is 2.17. The molecule has 1 atom stereocenters. The zero-order valence-corrected chi connectivity index (χ0v) is 13.5. The summed E-state index contributed by atoms with van der Waals surface area (Å²) in [5, 5.41) is 9.38. The van der Waals surface area contributed by atoms with Gasteiger partial charge in [-0.2, -0.15) is 0 Å². The van der Waals surface area contributed by atoms with E-state index in [2.05, 4.69) is 39.5 Å². The first-order valence-corrected chi connectivity index (χ1v) is 7.96. The summed E-state index contributed by atoms with van der Waals surface area (Å²) >= 11 is 7.13. The Balaban J connectivity index is 2.02. The summed E-state index contributed by atoms with van der Waals surface area (Å²) in [5.41, 5.74) is 1.01. The van der Waals surface area contributed by atoms with Crippen LogP contribution in [-0.2, 0) is 0 Å². The van der Waals surface area contributed by atoms with E-state index in [9.17, 15) is 0 Å². The number of hydrogen-bond donors (Lipinski definition) is 1. The molecule has 1 unspecified atom stereocenters. The van der Waals surface area contributed by atoms with Crippen molar-refractivity contribution in [3.05, 3.63) is 57.5 Å². The van der Waals surface area contributed by atoms with E-state index in [0.717, 1.165) is 11.6 Å². The van der Waals surface area contributed by atoms with E-state index in [1.54, 1.807) is 11.3 Å². The number of para-hydroxylation sites is 1. The molecule has 0 saturated carbocycles. The summed E-state index contributed by atoms with van der Waals surface area (Å²) in [4.78, 5) is 3.43. The topological polar surface area (TPSA) is 36.9 Å². The van der Waals surface area contributed by atoms with Crippen molar-refractivity contribution < 1.29 is 0 Å². The Morgan fingerprint density at radius 1 is 1.24 bits per heavy atom. The number of aromatic amines is 1. The van der Waals surface area contributed by atoms with Crippen molar-refractivity contribution in [1.82, 2.24) is 14.8 Å². The molecule has 0 aliphatic rings. The maximum absolute atomic E-state index is 5.38. The maximum atomic E-state index is 5.38. The average Bonchev–Trinajstić information content (AvgIpc) is 3.16. The number of nitrogens with zero attached hydrogens (tertiary/aromatic N) is 3. The van der Waals surface area contributed by atoms with E-state index in [-0.39, 0.29) is 6.04 Å². The van der Waals surface area contributed by atoms with Gasteiger partial charge in [0.05, 0.1) is 11.7 Å². The van der Waals surface area contributed by atoms with Gasteiger partial charge in [0.15, 0.2) is 0 Å². The van der Waals surface area contributed by atoms with E-state index < -0.39 is 0 Å².